The van der Waals surface area contributed by atoms with Crippen LogP contribution in [-0.4, -0.2) is 24.0 Å². The minimum absolute atomic E-state index is 0.474. The first-order chi connectivity index (χ1) is 10.7. The van der Waals surface area contributed by atoms with Crippen molar-refractivity contribution in [2.75, 3.05) is 13.1 Å². The third-order valence-corrected chi connectivity index (χ3v) is 4.24. The molecule has 0 fully saturated rings. The normalized spacial score (nSPS) is 11.9. The quantitative estimate of drug-likeness (QED) is 0.608. The molecule has 0 saturated carbocycles. The number of thiazole rings is 1. The van der Waals surface area contributed by atoms with Crippen LogP contribution in [-0.2, 0) is 13.0 Å². The highest BCUT2D eigenvalue weighted by Crippen LogP contribution is 2.19. The van der Waals surface area contributed by atoms with E-state index in [-0.39, 0.29) is 0 Å². The van der Waals surface area contributed by atoms with Gasteiger partial charge in [0, 0.05) is 30.8 Å². The van der Waals surface area contributed by atoms with Crippen LogP contribution in [0, 0.1) is 0 Å². The highest BCUT2D eigenvalue weighted by atomic mass is 32.1. The summed E-state index contributed by atoms with van der Waals surface area (Å²) in [7, 11) is 0. The Kier molecular flexibility index (Phi) is 6.45. The number of hydrogen-bond acceptors (Lipinski definition) is 4. The van der Waals surface area contributed by atoms with Gasteiger partial charge in [-0.1, -0.05) is 13.8 Å². The molecular weight excluding hydrogens is 296 g/mol. The predicted octanol–water partition coefficient (Wildman–Crippen LogP) is 3.16. The SMILES string of the molecule is CCNC(=NCc1csc(C(C)C)n1)NCCc1ccco1. The van der Waals surface area contributed by atoms with Gasteiger partial charge in [-0.3, -0.25) is 0 Å². The van der Waals surface area contributed by atoms with Crippen LogP contribution in [0.1, 0.15) is 43.2 Å². The van der Waals surface area contributed by atoms with Crippen LogP contribution in [0.4, 0.5) is 0 Å². The summed E-state index contributed by atoms with van der Waals surface area (Å²) < 4.78 is 5.32. The van der Waals surface area contributed by atoms with Crippen LogP contribution in [0.2, 0.25) is 0 Å². The molecule has 0 unspecified atom stereocenters. The Balaban J connectivity index is 1.85. The minimum Gasteiger partial charge on any atom is -0.469 e. The van der Waals surface area contributed by atoms with Gasteiger partial charge < -0.3 is 15.1 Å². The molecule has 0 aliphatic heterocycles. The molecule has 22 heavy (non-hydrogen) atoms. The molecular formula is C16H24N4OS. The van der Waals surface area contributed by atoms with E-state index < -0.39 is 0 Å². The van der Waals surface area contributed by atoms with Crippen LogP contribution in [0.15, 0.2) is 33.2 Å². The summed E-state index contributed by atoms with van der Waals surface area (Å²) in [4.78, 5) is 9.19. The predicted molar refractivity (Wildman–Crippen MR) is 91.4 cm³/mol. The van der Waals surface area contributed by atoms with Gasteiger partial charge in [0.2, 0.25) is 0 Å². The van der Waals surface area contributed by atoms with Crippen molar-refractivity contribution in [2.45, 2.75) is 39.7 Å². The first-order valence-corrected chi connectivity index (χ1v) is 8.56. The van der Waals surface area contributed by atoms with Crippen LogP contribution in [0.3, 0.4) is 0 Å². The Morgan fingerprint density at radius 1 is 1.41 bits per heavy atom. The van der Waals surface area contributed by atoms with Crippen molar-refractivity contribution in [1.29, 1.82) is 0 Å². The van der Waals surface area contributed by atoms with Gasteiger partial charge in [0.15, 0.2) is 5.96 Å². The molecule has 0 aliphatic carbocycles. The van der Waals surface area contributed by atoms with Crippen molar-refractivity contribution in [2.24, 2.45) is 4.99 Å². The lowest BCUT2D eigenvalue weighted by molar-refractivity contribution is 0.507. The number of nitrogens with one attached hydrogen (secondary N) is 2. The van der Waals surface area contributed by atoms with E-state index in [0.717, 1.165) is 36.9 Å². The molecule has 0 aliphatic rings. The Morgan fingerprint density at radius 2 is 2.27 bits per heavy atom. The third-order valence-electron chi connectivity index (χ3n) is 3.05. The fraction of sp³-hybridized carbons (Fsp3) is 0.500. The average molecular weight is 320 g/mol. The molecule has 2 heterocycles. The molecule has 120 valence electrons. The number of rotatable bonds is 7. The van der Waals surface area contributed by atoms with Gasteiger partial charge in [-0.25, -0.2) is 9.98 Å². The molecule has 2 rings (SSSR count). The van der Waals surface area contributed by atoms with Gasteiger partial charge in [0.05, 0.1) is 23.5 Å². The Bertz CT molecular complexity index is 575. The second kappa shape index (κ2) is 8.58. The first-order valence-electron chi connectivity index (χ1n) is 7.68. The zero-order valence-electron chi connectivity index (χ0n) is 13.4. The maximum atomic E-state index is 5.32. The maximum absolute atomic E-state index is 5.32. The Morgan fingerprint density at radius 3 is 2.91 bits per heavy atom. The van der Waals surface area contributed by atoms with E-state index in [9.17, 15) is 0 Å². The Labute approximate surface area is 135 Å². The van der Waals surface area contributed by atoms with Gasteiger partial charge in [-0.05, 0) is 19.1 Å². The first kappa shape index (κ1) is 16.5. The zero-order valence-corrected chi connectivity index (χ0v) is 14.2. The van der Waals surface area contributed by atoms with Crippen LogP contribution >= 0.6 is 11.3 Å². The standard InChI is InChI=1S/C16H24N4OS/c1-4-17-16(18-8-7-14-6-5-9-21-14)19-10-13-11-22-15(20-13)12(2)3/h5-6,9,11-12H,4,7-8,10H2,1-3H3,(H2,17,18,19). The smallest absolute Gasteiger partial charge is 0.191 e. The molecule has 0 atom stereocenters. The molecule has 0 radical (unpaired) electrons. The molecule has 0 saturated heterocycles. The Hall–Kier alpha value is -1.82. The van der Waals surface area contributed by atoms with Gasteiger partial charge in [0.1, 0.15) is 5.76 Å². The molecule has 6 heteroatoms. The highest BCUT2D eigenvalue weighted by Gasteiger charge is 2.06. The van der Waals surface area contributed by atoms with Crippen molar-refractivity contribution in [1.82, 2.24) is 15.6 Å². The zero-order chi connectivity index (χ0) is 15.8. The van der Waals surface area contributed by atoms with Crippen molar-refractivity contribution in [3.63, 3.8) is 0 Å². The summed E-state index contributed by atoms with van der Waals surface area (Å²) in [6.45, 7) is 8.59. The van der Waals surface area contributed by atoms with Gasteiger partial charge in [-0.2, -0.15) is 0 Å². The number of guanidine groups is 1. The number of nitrogens with zero attached hydrogens (tertiary/aromatic N) is 2. The second-order valence-corrected chi connectivity index (χ2v) is 6.17. The van der Waals surface area contributed by atoms with Gasteiger partial charge >= 0.3 is 0 Å². The summed E-state index contributed by atoms with van der Waals surface area (Å²) in [6, 6.07) is 3.89. The fourth-order valence-corrected chi connectivity index (χ4v) is 2.75. The van der Waals surface area contributed by atoms with E-state index in [1.807, 2.05) is 12.1 Å². The van der Waals surface area contributed by atoms with Crippen molar-refractivity contribution in [3.05, 3.63) is 40.2 Å². The fourth-order valence-electron chi connectivity index (χ4n) is 1.92. The highest BCUT2D eigenvalue weighted by molar-refractivity contribution is 7.09. The number of furan rings is 1. The summed E-state index contributed by atoms with van der Waals surface area (Å²) in [5.41, 5.74) is 1.02. The third kappa shape index (κ3) is 5.18. The van der Waals surface area contributed by atoms with Crippen LogP contribution < -0.4 is 10.6 Å². The molecule has 2 N–H and O–H groups in total. The van der Waals surface area contributed by atoms with E-state index in [2.05, 4.69) is 46.8 Å². The van der Waals surface area contributed by atoms with E-state index >= 15 is 0 Å². The number of aliphatic imine (C=N–C) groups is 1. The lowest BCUT2D eigenvalue weighted by Gasteiger charge is -2.10. The minimum atomic E-state index is 0.474. The van der Waals surface area contributed by atoms with E-state index in [0.29, 0.717) is 12.5 Å². The van der Waals surface area contributed by atoms with Crippen LogP contribution in [0.5, 0.6) is 0 Å². The van der Waals surface area contributed by atoms with E-state index in [4.69, 9.17) is 4.42 Å². The van der Waals surface area contributed by atoms with Gasteiger partial charge in [-0.15, -0.1) is 11.3 Å². The van der Waals surface area contributed by atoms with Crippen molar-refractivity contribution in [3.8, 4) is 0 Å². The second-order valence-electron chi connectivity index (χ2n) is 5.28. The summed E-state index contributed by atoms with van der Waals surface area (Å²) in [5.74, 6) is 2.26. The topological polar surface area (TPSA) is 62.5 Å². The molecule has 0 aromatic carbocycles. The average Bonchev–Trinajstić information content (AvgIpc) is 3.16. The molecule has 5 nitrogen and oxygen atoms in total. The van der Waals surface area contributed by atoms with E-state index in [1.165, 1.54) is 5.01 Å². The van der Waals surface area contributed by atoms with E-state index in [1.54, 1.807) is 17.6 Å². The summed E-state index contributed by atoms with van der Waals surface area (Å²) in [5, 5.41) is 9.82. The summed E-state index contributed by atoms with van der Waals surface area (Å²) >= 11 is 1.71. The van der Waals surface area contributed by atoms with Crippen molar-refractivity contribution >= 4 is 17.3 Å². The largest absolute Gasteiger partial charge is 0.469 e. The molecule has 0 spiro atoms. The van der Waals surface area contributed by atoms with Crippen molar-refractivity contribution < 1.29 is 4.42 Å². The molecule has 0 amide bonds. The molecule has 2 aromatic rings. The lowest BCUT2D eigenvalue weighted by atomic mass is 10.2. The lowest BCUT2D eigenvalue weighted by Crippen LogP contribution is -2.38. The van der Waals surface area contributed by atoms with Crippen LogP contribution in [0.25, 0.3) is 0 Å². The maximum Gasteiger partial charge on any atom is 0.191 e. The summed E-state index contributed by atoms with van der Waals surface area (Å²) in [6.07, 6.45) is 2.54. The molecule has 0 bridgehead atoms. The number of aromatic nitrogens is 1. The van der Waals surface area contributed by atoms with Gasteiger partial charge in [0.25, 0.3) is 0 Å². The monoisotopic (exact) mass is 320 g/mol. The molecule has 2 aromatic heterocycles. The number of hydrogen-bond donors (Lipinski definition) is 2.